The largest absolute Gasteiger partial charge is 0.332 e. The Morgan fingerprint density at radius 2 is 1.81 bits per heavy atom. The van der Waals surface area contributed by atoms with Crippen molar-refractivity contribution in [3.63, 3.8) is 0 Å². The van der Waals surface area contributed by atoms with Gasteiger partial charge in [-0.15, -0.1) is 11.3 Å². The van der Waals surface area contributed by atoms with Gasteiger partial charge in [-0.3, -0.25) is 4.79 Å². The van der Waals surface area contributed by atoms with Gasteiger partial charge in [0.15, 0.2) is 0 Å². The highest BCUT2D eigenvalue weighted by molar-refractivity contribution is 7.09. The minimum Gasteiger partial charge on any atom is -0.332 e. The highest BCUT2D eigenvalue weighted by Crippen LogP contribution is 2.28. The van der Waals surface area contributed by atoms with E-state index < -0.39 is 0 Å². The third-order valence-electron chi connectivity index (χ3n) is 4.49. The lowest BCUT2D eigenvalue weighted by molar-refractivity contribution is -0.133. The van der Waals surface area contributed by atoms with Gasteiger partial charge in [-0.1, -0.05) is 18.2 Å². The topological polar surface area (TPSA) is 43.9 Å². The van der Waals surface area contributed by atoms with E-state index in [0.29, 0.717) is 13.1 Å². The number of urea groups is 1. The molecule has 1 aliphatic carbocycles. The Kier molecular flexibility index (Phi) is 6.11. The van der Waals surface area contributed by atoms with Crippen molar-refractivity contribution >= 4 is 23.3 Å². The summed E-state index contributed by atoms with van der Waals surface area (Å²) >= 11 is 1.59. The number of carbonyl (C=O) groups is 2. The van der Waals surface area contributed by atoms with E-state index in [1.165, 1.54) is 17.0 Å². The molecule has 2 aromatic rings. The summed E-state index contributed by atoms with van der Waals surface area (Å²) in [5, 5.41) is 1.97. The molecule has 0 N–H and O–H groups in total. The van der Waals surface area contributed by atoms with Crippen LogP contribution in [0.2, 0.25) is 0 Å². The molecule has 1 saturated carbocycles. The Hall–Kier alpha value is -2.41. The normalized spacial score (nSPS) is 13.3. The summed E-state index contributed by atoms with van der Waals surface area (Å²) < 4.78 is 13.2. The second-order valence-electron chi connectivity index (χ2n) is 6.99. The molecular formula is C20H24FN3O2S. The SMILES string of the molecule is CN(C)C(=O)N(CC(=O)N(Cc1ccc(F)cc1)Cc1cccs1)C1CC1. The first-order valence-electron chi connectivity index (χ1n) is 8.96. The van der Waals surface area contributed by atoms with Crippen LogP contribution in [-0.2, 0) is 17.9 Å². The minimum atomic E-state index is -0.300. The number of nitrogens with zero attached hydrogens (tertiary/aromatic N) is 3. The first kappa shape index (κ1) is 19.4. The summed E-state index contributed by atoms with van der Waals surface area (Å²) in [4.78, 5) is 31.5. The van der Waals surface area contributed by atoms with Crippen LogP contribution in [-0.4, -0.2) is 53.3 Å². The van der Waals surface area contributed by atoms with Crippen LogP contribution in [0.25, 0.3) is 0 Å². The Morgan fingerprint density at radius 1 is 1.11 bits per heavy atom. The molecule has 7 heteroatoms. The highest BCUT2D eigenvalue weighted by Gasteiger charge is 2.35. The Morgan fingerprint density at radius 3 is 2.37 bits per heavy atom. The molecule has 1 aromatic carbocycles. The lowest BCUT2D eigenvalue weighted by Gasteiger charge is -2.29. The van der Waals surface area contributed by atoms with Crippen molar-refractivity contribution in [2.75, 3.05) is 20.6 Å². The van der Waals surface area contributed by atoms with Gasteiger partial charge in [0.1, 0.15) is 12.4 Å². The number of hydrogen-bond acceptors (Lipinski definition) is 3. The molecule has 0 spiro atoms. The summed E-state index contributed by atoms with van der Waals surface area (Å²) in [5.74, 6) is -0.402. The molecule has 3 rings (SSSR count). The molecular weight excluding hydrogens is 365 g/mol. The second-order valence-corrected chi connectivity index (χ2v) is 8.02. The van der Waals surface area contributed by atoms with Crippen molar-refractivity contribution < 1.29 is 14.0 Å². The average molecular weight is 389 g/mol. The van der Waals surface area contributed by atoms with Crippen molar-refractivity contribution in [1.82, 2.24) is 14.7 Å². The summed E-state index contributed by atoms with van der Waals surface area (Å²) in [5.41, 5.74) is 0.859. The van der Waals surface area contributed by atoms with Crippen molar-refractivity contribution in [3.05, 3.63) is 58.0 Å². The Balaban J connectivity index is 1.74. The average Bonchev–Trinajstić information content (AvgIpc) is 3.36. The van der Waals surface area contributed by atoms with Crippen LogP contribution in [0.5, 0.6) is 0 Å². The van der Waals surface area contributed by atoms with Gasteiger partial charge >= 0.3 is 6.03 Å². The monoisotopic (exact) mass is 389 g/mol. The van der Waals surface area contributed by atoms with Crippen molar-refractivity contribution in [2.24, 2.45) is 0 Å². The maximum absolute atomic E-state index is 13.2. The Labute approximate surface area is 163 Å². The van der Waals surface area contributed by atoms with E-state index in [4.69, 9.17) is 0 Å². The minimum absolute atomic E-state index is 0.0637. The lowest BCUT2D eigenvalue weighted by Crippen LogP contribution is -2.47. The summed E-state index contributed by atoms with van der Waals surface area (Å²) in [7, 11) is 3.40. The van der Waals surface area contributed by atoms with Crippen molar-refractivity contribution in [2.45, 2.75) is 32.0 Å². The van der Waals surface area contributed by atoms with Crippen molar-refractivity contribution in [3.8, 4) is 0 Å². The molecule has 0 atom stereocenters. The molecule has 1 aliphatic rings. The molecule has 0 unspecified atom stereocenters. The van der Waals surface area contributed by atoms with Gasteiger partial charge in [0.05, 0.1) is 6.54 Å². The number of benzene rings is 1. The number of thiophene rings is 1. The fourth-order valence-corrected chi connectivity index (χ4v) is 3.59. The molecule has 144 valence electrons. The lowest BCUT2D eigenvalue weighted by atomic mass is 10.2. The first-order chi connectivity index (χ1) is 12.9. The maximum Gasteiger partial charge on any atom is 0.320 e. The summed E-state index contributed by atoms with van der Waals surface area (Å²) in [6.07, 6.45) is 1.88. The van der Waals surface area contributed by atoms with Crippen LogP contribution in [0.3, 0.4) is 0 Å². The summed E-state index contributed by atoms with van der Waals surface area (Å²) in [6.45, 7) is 0.919. The molecule has 5 nitrogen and oxygen atoms in total. The van der Waals surface area contributed by atoms with Gasteiger partial charge in [-0.05, 0) is 42.0 Å². The molecule has 0 radical (unpaired) electrons. The zero-order valence-electron chi connectivity index (χ0n) is 15.6. The van der Waals surface area contributed by atoms with Crippen LogP contribution in [0, 0.1) is 5.82 Å². The van der Waals surface area contributed by atoms with E-state index in [0.717, 1.165) is 23.3 Å². The zero-order valence-corrected chi connectivity index (χ0v) is 16.4. The number of carbonyl (C=O) groups excluding carboxylic acids is 2. The van der Waals surface area contributed by atoms with Gasteiger partial charge in [-0.25, -0.2) is 9.18 Å². The first-order valence-corrected chi connectivity index (χ1v) is 9.84. The fourth-order valence-electron chi connectivity index (χ4n) is 2.87. The second kappa shape index (κ2) is 8.52. The third-order valence-corrected chi connectivity index (χ3v) is 5.35. The summed E-state index contributed by atoms with van der Waals surface area (Å²) in [6, 6.07) is 10.1. The van der Waals surface area contributed by atoms with Gasteiger partial charge in [-0.2, -0.15) is 0 Å². The van der Waals surface area contributed by atoms with E-state index >= 15 is 0 Å². The predicted molar refractivity (Wildman–Crippen MR) is 104 cm³/mol. The number of halogens is 1. The third kappa shape index (κ3) is 5.29. The molecule has 1 aromatic heterocycles. The fraction of sp³-hybridized carbons (Fsp3) is 0.400. The Bertz CT molecular complexity index is 773. The molecule has 0 saturated heterocycles. The van der Waals surface area contributed by atoms with E-state index in [1.54, 1.807) is 47.4 Å². The van der Waals surface area contributed by atoms with Gasteiger partial charge in [0.25, 0.3) is 0 Å². The van der Waals surface area contributed by atoms with Crippen LogP contribution >= 0.6 is 11.3 Å². The number of rotatable bonds is 7. The molecule has 0 bridgehead atoms. The van der Waals surface area contributed by atoms with Gasteiger partial charge in [0.2, 0.25) is 5.91 Å². The zero-order chi connectivity index (χ0) is 19.4. The van der Waals surface area contributed by atoms with Crippen molar-refractivity contribution in [1.29, 1.82) is 0 Å². The quantitative estimate of drug-likeness (QED) is 0.727. The van der Waals surface area contributed by atoms with E-state index in [2.05, 4.69) is 0 Å². The molecule has 1 fully saturated rings. The molecule has 27 heavy (non-hydrogen) atoms. The number of amides is 3. The maximum atomic E-state index is 13.2. The van der Waals surface area contributed by atoms with Crippen LogP contribution in [0.1, 0.15) is 23.3 Å². The molecule has 0 aliphatic heterocycles. The van der Waals surface area contributed by atoms with E-state index in [-0.39, 0.29) is 30.3 Å². The predicted octanol–water partition coefficient (Wildman–Crippen LogP) is 3.56. The van der Waals surface area contributed by atoms with Gasteiger partial charge in [0, 0.05) is 31.6 Å². The van der Waals surface area contributed by atoms with Crippen LogP contribution < -0.4 is 0 Å². The van der Waals surface area contributed by atoms with Crippen LogP contribution in [0.15, 0.2) is 41.8 Å². The smallest absolute Gasteiger partial charge is 0.320 e. The molecule has 3 amide bonds. The van der Waals surface area contributed by atoms with E-state index in [9.17, 15) is 14.0 Å². The standard InChI is InChI=1S/C20H24FN3O2S/c1-22(2)20(26)24(17-9-10-17)14-19(25)23(13-18-4-3-11-27-18)12-15-5-7-16(21)8-6-15/h3-8,11,17H,9-10,12-14H2,1-2H3. The van der Waals surface area contributed by atoms with Crippen LogP contribution in [0.4, 0.5) is 9.18 Å². The molecule has 1 heterocycles. The number of hydrogen-bond donors (Lipinski definition) is 0. The van der Waals surface area contributed by atoms with Gasteiger partial charge < -0.3 is 14.7 Å². The highest BCUT2D eigenvalue weighted by atomic mass is 32.1. The van der Waals surface area contributed by atoms with E-state index in [1.807, 2.05) is 17.5 Å².